The molecule has 0 radical (unpaired) electrons. The number of hydrogen-bond donors (Lipinski definition) is 1. The minimum absolute atomic E-state index is 0.0528. The Labute approximate surface area is 153 Å². The predicted molar refractivity (Wildman–Crippen MR) is 93.6 cm³/mol. The molecule has 0 bridgehead atoms. The molecule has 0 atom stereocenters. The minimum atomic E-state index is -2.89. The van der Waals surface area contributed by atoms with Gasteiger partial charge >= 0.3 is 6.61 Å². The summed E-state index contributed by atoms with van der Waals surface area (Å²) in [5.41, 5.74) is 2.31. The largest absolute Gasteiger partial charge is 0.482 e. The number of ether oxygens (including phenoxy) is 2. The fourth-order valence-electron chi connectivity index (χ4n) is 3.33. The van der Waals surface area contributed by atoms with Crippen molar-refractivity contribution in [2.45, 2.75) is 19.5 Å². The molecule has 2 aromatic carbocycles. The third kappa shape index (κ3) is 3.42. The van der Waals surface area contributed by atoms with Crippen molar-refractivity contribution < 1.29 is 27.8 Å². The first-order valence-corrected chi connectivity index (χ1v) is 8.47. The van der Waals surface area contributed by atoms with Gasteiger partial charge in [0.25, 0.3) is 11.8 Å². The molecular weight excluding hydrogens is 358 g/mol. The van der Waals surface area contributed by atoms with E-state index in [9.17, 15) is 18.4 Å². The van der Waals surface area contributed by atoms with Crippen LogP contribution in [0.5, 0.6) is 11.5 Å². The van der Waals surface area contributed by atoms with Gasteiger partial charge in [0.05, 0.1) is 5.69 Å². The number of anilines is 2. The van der Waals surface area contributed by atoms with E-state index in [1.165, 1.54) is 6.07 Å². The van der Waals surface area contributed by atoms with E-state index in [0.717, 1.165) is 5.56 Å². The van der Waals surface area contributed by atoms with Gasteiger partial charge in [-0.25, -0.2) is 0 Å². The monoisotopic (exact) mass is 374 g/mol. The molecule has 2 heterocycles. The molecule has 0 fully saturated rings. The topological polar surface area (TPSA) is 67.9 Å². The van der Waals surface area contributed by atoms with Crippen LogP contribution in [0.25, 0.3) is 0 Å². The van der Waals surface area contributed by atoms with E-state index >= 15 is 0 Å². The van der Waals surface area contributed by atoms with Gasteiger partial charge in [-0.15, -0.1) is 0 Å². The second-order valence-electron chi connectivity index (χ2n) is 6.28. The van der Waals surface area contributed by atoms with Crippen molar-refractivity contribution >= 4 is 23.2 Å². The Hall–Kier alpha value is -3.16. The lowest BCUT2D eigenvalue weighted by atomic mass is 10.00. The van der Waals surface area contributed by atoms with Gasteiger partial charge in [0, 0.05) is 17.8 Å². The summed E-state index contributed by atoms with van der Waals surface area (Å²) in [5.74, 6) is 0.0775. The Balaban J connectivity index is 1.62. The zero-order valence-corrected chi connectivity index (χ0v) is 14.2. The Morgan fingerprint density at radius 3 is 2.89 bits per heavy atom. The highest BCUT2D eigenvalue weighted by atomic mass is 19.3. The highest BCUT2D eigenvalue weighted by molar-refractivity contribution is 6.08. The second-order valence-corrected chi connectivity index (χ2v) is 6.28. The molecule has 4 rings (SSSR count). The lowest BCUT2D eigenvalue weighted by Crippen LogP contribution is -2.35. The van der Waals surface area contributed by atoms with Gasteiger partial charge in [-0.2, -0.15) is 8.78 Å². The summed E-state index contributed by atoms with van der Waals surface area (Å²) in [6, 6.07) is 9.46. The highest BCUT2D eigenvalue weighted by Gasteiger charge is 2.26. The van der Waals surface area contributed by atoms with E-state index in [4.69, 9.17) is 4.74 Å². The number of fused-ring (bicyclic) bond motifs is 2. The van der Waals surface area contributed by atoms with Crippen LogP contribution in [0.15, 0.2) is 36.4 Å². The molecular formula is C19H16F2N2O4. The maximum atomic E-state index is 13.0. The van der Waals surface area contributed by atoms with Gasteiger partial charge in [-0.3, -0.25) is 9.59 Å². The maximum Gasteiger partial charge on any atom is 0.387 e. The van der Waals surface area contributed by atoms with Crippen molar-refractivity contribution in [3.05, 3.63) is 47.5 Å². The van der Waals surface area contributed by atoms with Gasteiger partial charge < -0.3 is 19.7 Å². The van der Waals surface area contributed by atoms with Crippen molar-refractivity contribution in [1.82, 2.24) is 0 Å². The molecule has 0 saturated heterocycles. The molecule has 140 valence electrons. The van der Waals surface area contributed by atoms with E-state index in [1.807, 2.05) is 0 Å². The molecule has 2 aliphatic heterocycles. The molecule has 0 unspecified atom stereocenters. The summed E-state index contributed by atoms with van der Waals surface area (Å²) in [7, 11) is 0. The number of hydrogen-bond acceptors (Lipinski definition) is 4. The minimum Gasteiger partial charge on any atom is -0.482 e. The second kappa shape index (κ2) is 6.86. The lowest BCUT2D eigenvalue weighted by molar-refractivity contribution is -0.118. The van der Waals surface area contributed by atoms with Crippen molar-refractivity contribution in [1.29, 1.82) is 0 Å². The summed E-state index contributed by atoms with van der Waals surface area (Å²) < 4.78 is 34.6. The van der Waals surface area contributed by atoms with Crippen LogP contribution in [0, 0.1) is 0 Å². The molecule has 1 N–H and O–H groups in total. The number of alkyl halides is 2. The van der Waals surface area contributed by atoms with Crippen LogP contribution in [0.4, 0.5) is 20.2 Å². The van der Waals surface area contributed by atoms with Gasteiger partial charge in [-0.1, -0.05) is 0 Å². The first-order chi connectivity index (χ1) is 13.0. The van der Waals surface area contributed by atoms with Crippen LogP contribution in [-0.4, -0.2) is 31.6 Å². The summed E-state index contributed by atoms with van der Waals surface area (Å²) in [6.45, 7) is -2.43. The van der Waals surface area contributed by atoms with E-state index < -0.39 is 6.61 Å². The number of aryl methyl sites for hydroxylation is 1. The maximum absolute atomic E-state index is 13.0. The van der Waals surface area contributed by atoms with Gasteiger partial charge in [0.2, 0.25) is 0 Å². The Kier molecular flexibility index (Phi) is 4.39. The quantitative estimate of drug-likeness (QED) is 0.896. The zero-order valence-electron chi connectivity index (χ0n) is 14.2. The molecule has 2 aliphatic rings. The third-order valence-electron chi connectivity index (χ3n) is 4.50. The van der Waals surface area contributed by atoms with Crippen LogP contribution in [-0.2, 0) is 11.2 Å². The SMILES string of the molecule is O=C1COc2ccc(C(=O)N3CCCc4cc(OC(F)F)ccc43)cc2N1. The number of carbonyl (C=O) groups is 2. The number of nitrogens with zero attached hydrogens (tertiary/aromatic N) is 1. The molecule has 27 heavy (non-hydrogen) atoms. The fraction of sp³-hybridized carbons (Fsp3) is 0.263. The molecule has 0 aliphatic carbocycles. The number of carbonyl (C=O) groups excluding carboxylic acids is 2. The van der Waals surface area contributed by atoms with Crippen molar-refractivity contribution in [2.75, 3.05) is 23.4 Å². The third-order valence-corrected chi connectivity index (χ3v) is 4.50. The van der Waals surface area contributed by atoms with Crippen LogP contribution >= 0.6 is 0 Å². The van der Waals surface area contributed by atoms with Crippen LogP contribution in [0.2, 0.25) is 0 Å². The summed E-state index contributed by atoms with van der Waals surface area (Å²) in [5, 5.41) is 2.68. The van der Waals surface area contributed by atoms with Crippen molar-refractivity contribution in [3.63, 3.8) is 0 Å². The molecule has 0 spiro atoms. The van der Waals surface area contributed by atoms with Crippen LogP contribution < -0.4 is 19.7 Å². The smallest absolute Gasteiger partial charge is 0.387 e. The van der Waals surface area contributed by atoms with E-state index in [0.29, 0.717) is 42.1 Å². The molecule has 0 aromatic heterocycles. The van der Waals surface area contributed by atoms with Gasteiger partial charge in [-0.05, 0) is 54.8 Å². The molecule has 2 amide bonds. The average Bonchev–Trinajstić information content (AvgIpc) is 2.65. The van der Waals surface area contributed by atoms with Crippen LogP contribution in [0.1, 0.15) is 22.3 Å². The lowest BCUT2D eigenvalue weighted by Gasteiger charge is -2.30. The summed E-state index contributed by atoms with van der Waals surface area (Å²) >= 11 is 0. The number of amides is 2. The number of benzene rings is 2. The van der Waals surface area contributed by atoms with Gasteiger partial charge in [0.15, 0.2) is 6.61 Å². The van der Waals surface area contributed by atoms with Crippen LogP contribution in [0.3, 0.4) is 0 Å². The Bertz CT molecular complexity index is 917. The number of nitrogens with one attached hydrogen (secondary N) is 1. The summed E-state index contributed by atoms with van der Waals surface area (Å²) in [6.07, 6.45) is 1.38. The highest BCUT2D eigenvalue weighted by Crippen LogP contribution is 2.34. The van der Waals surface area contributed by atoms with E-state index in [-0.39, 0.29) is 24.2 Å². The molecule has 6 nitrogen and oxygen atoms in total. The molecule has 8 heteroatoms. The normalized spacial score (nSPS) is 15.5. The average molecular weight is 374 g/mol. The number of rotatable bonds is 3. The van der Waals surface area contributed by atoms with Crippen molar-refractivity contribution in [3.8, 4) is 11.5 Å². The standard InChI is InChI=1S/C19H16F2N2O4/c20-19(21)27-13-4-5-15-11(8-13)2-1-7-23(15)18(25)12-3-6-16-14(9-12)22-17(24)10-26-16/h3-6,8-9,19H,1-2,7,10H2,(H,22,24). The van der Waals surface area contributed by atoms with Gasteiger partial charge in [0.1, 0.15) is 11.5 Å². The Morgan fingerprint density at radius 2 is 2.07 bits per heavy atom. The molecule has 0 saturated carbocycles. The first kappa shape index (κ1) is 17.3. The van der Waals surface area contributed by atoms with Crippen molar-refractivity contribution in [2.24, 2.45) is 0 Å². The van der Waals surface area contributed by atoms with E-state index in [1.54, 1.807) is 35.2 Å². The number of halogens is 2. The Morgan fingerprint density at radius 1 is 1.22 bits per heavy atom. The fourth-order valence-corrected chi connectivity index (χ4v) is 3.33. The first-order valence-electron chi connectivity index (χ1n) is 8.47. The molecule has 2 aromatic rings. The summed E-state index contributed by atoms with van der Waals surface area (Å²) in [4.78, 5) is 26.1. The predicted octanol–water partition coefficient (Wildman–Crippen LogP) is 3.21. The zero-order chi connectivity index (χ0) is 19.0. The van der Waals surface area contributed by atoms with E-state index in [2.05, 4.69) is 10.1 Å².